The van der Waals surface area contributed by atoms with Crippen LogP contribution < -0.4 is 0 Å². The molecule has 2 heteroatoms. The van der Waals surface area contributed by atoms with Crippen LogP contribution in [0.25, 0.3) is 11.1 Å². The topological polar surface area (TPSA) is 18.5 Å². The second kappa shape index (κ2) is 11.3. The summed E-state index contributed by atoms with van der Waals surface area (Å²) in [4.78, 5) is 0. The van der Waals surface area contributed by atoms with Gasteiger partial charge in [0.1, 0.15) is 6.10 Å². The number of unbranched alkanes of at least 4 members (excludes halogenated alkanes) is 1. The van der Waals surface area contributed by atoms with Crippen LogP contribution in [0.3, 0.4) is 0 Å². The molecule has 0 spiro atoms. The van der Waals surface area contributed by atoms with Crippen LogP contribution in [0.4, 0.5) is 0 Å². The van der Waals surface area contributed by atoms with Gasteiger partial charge in [-0.05, 0) is 66.2 Å². The average molecular weight is 421 g/mol. The lowest BCUT2D eigenvalue weighted by molar-refractivity contribution is -0.137. The first-order valence-electron chi connectivity index (χ1n) is 12.7. The van der Waals surface area contributed by atoms with Crippen LogP contribution in [0.15, 0.2) is 48.5 Å². The Hall–Kier alpha value is -1.64. The molecule has 2 nitrogen and oxygen atoms in total. The van der Waals surface area contributed by atoms with Crippen molar-refractivity contribution < 1.29 is 9.47 Å². The van der Waals surface area contributed by atoms with E-state index < -0.39 is 0 Å². The van der Waals surface area contributed by atoms with E-state index in [1.807, 2.05) is 0 Å². The van der Waals surface area contributed by atoms with E-state index in [0.717, 1.165) is 24.7 Å². The second-order valence-corrected chi connectivity index (χ2v) is 9.67. The molecule has 2 fully saturated rings. The van der Waals surface area contributed by atoms with Crippen LogP contribution in [-0.4, -0.2) is 19.3 Å². The Morgan fingerprint density at radius 1 is 0.677 bits per heavy atom. The first-order valence-corrected chi connectivity index (χ1v) is 12.7. The van der Waals surface area contributed by atoms with Gasteiger partial charge in [-0.15, -0.1) is 0 Å². The van der Waals surface area contributed by atoms with Crippen molar-refractivity contribution in [1.82, 2.24) is 0 Å². The largest absolute Gasteiger partial charge is 0.373 e. The highest BCUT2D eigenvalue weighted by atomic mass is 16.6. The van der Waals surface area contributed by atoms with Crippen molar-refractivity contribution in [2.24, 2.45) is 5.92 Å². The first kappa shape index (κ1) is 22.6. The van der Waals surface area contributed by atoms with Gasteiger partial charge >= 0.3 is 0 Å². The fourth-order valence-electron chi connectivity index (χ4n) is 5.34. The van der Waals surface area contributed by atoms with E-state index in [4.69, 9.17) is 9.47 Å². The molecule has 1 saturated heterocycles. The number of ether oxygens (including phenoxy) is 2. The molecule has 1 aliphatic carbocycles. The van der Waals surface area contributed by atoms with E-state index in [1.54, 1.807) is 0 Å². The fourth-order valence-corrected chi connectivity index (χ4v) is 5.34. The van der Waals surface area contributed by atoms with Gasteiger partial charge in [-0.25, -0.2) is 0 Å². The SMILES string of the molecule is CCCCC1CCC(c2ccc(-c3ccc(C4COC(CCC)CO4)cc3)cc2)CC1. The van der Waals surface area contributed by atoms with Gasteiger partial charge in [-0.1, -0.05) is 88.1 Å². The maximum Gasteiger partial charge on any atom is 0.106 e. The summed E-state index contributed by atoms with van der Waals surface area (Å²) in [5.41, 5.74) is 5.33. The van der Waals surface area contributed by atoms with E-state index in [2.05, 4.69) is 62.4 Å². The van der Waals surface area contributed by atoms with Gasteiger partial charge in [0.05, 0.1) is 19.3 Å². The number of benzene rings is 2. The van der Waals surface area contributed by atoms with E-state index >= 15 is 0 Å². The number of rotatable bonds is 8. The maximum absolute atomic E-state index is 6.06. The molecule has 2 unspecified atom stereocenters. The Kier molecular flexibility index (Phi) is 8.21. The van der Waals surface area contributed by atoms with Gasteiger partial charge in [-0.3, -0.25) is 0 Å². The molecule has 2 aromatic carbocycles. The first-order chi connectivity index (χ1) is 15.3. The lowest BCUT2D eigenvalue weighted by atomic mass is 9.77. The van der Waals surface area contributed by atoms with Gasteiger partial charge in [0.2, 0.25) is 0 Å². The molecule has 0 bridgehead atoms. The smallest absolute Gasteiger partial charge is 0.106 e. The van der Waals surface area contributed by atoms with Crippen LogP contribution in [0.5, 0.6) is 0 Å². The van der Waals surface area contributed by atoms with Crippen molar-refractivity contribution in [3.63, 3.8) is 0 Å². The predicted octanol–water partition coefficient (Wildman–Crippen LogP) is 8.07. The second-order valence-electron chi connectivity index (χ2n) is 9.67. The number of hydrogen-bond acceptors (Lipinski definition) is 2. The third-order valence-electron chi connectivity index (χ3n) is 7.39. The molecule has 2 aliphatic rings. The fraction of sp³-hybridized carbons (Fsp3) is 0.586. The Morgan fingerprint density at radius 3 is 1.87 bits per heavy atom. The number of hydrogen-bond donors (Lipinski definition) is 0. The van der Waals surface area contributed by atoms with E-state index in [1.165, 1.54) is 67.2 Å². The summed E-state index contributed by atoms with van der Waals surface area (Å²) in [7, 11) is 0. The van der Waals surface area contributed by atoms with Crippen LogP contribution in [-0.2, 0) is 9.47 Å². The van der Waals surface area contributed by atoms with E-state index in [-0.39, 0.29) is 12.2 Å². The quantitative estimate of drug-likeness (QED) is 0.430. The average Bonchev–Trinajstić information content (AvgIpc) is 2.84. The molecule has 0 radical (unpaired) electrons. The summed E-state index contributed by atoms with van der Waals surface area (Å²) < 4.78 is 12.0. The zero-order valence-corrected chi connectivity index (χ0v) is 19.5. The molecule has 1 aliphatic heterocycles. The molecule has 168 valence electrons. The Bertz CT molecular complexity index is 763. The van der Waals surface area contributed by atoms with Crippen LogP contribution in [0.2, 0.25) is 0 Å². The summed E-state index contributed by atoms with van der Waals surface area (Å²) in [6.07, 6.45) is 12.3. The minimum Gasteiger partial charge on any atom is -0.373 e. The van der Waals surface area contributed by atoms with Crippen LogP contribution in [0, 0.1) is 5.92 Å². The zero-order valence-electron chi connectivity index (χ0n) is 19.5. The minimum absolute atomic E-state index is 0.0667. The lowest BCUT2D eigenvalue weighted by Gasteiger charge is -2.29. The monoisotopic (exact) mass is 420 g/mol. The Balaban J connectivity index is 1.31. The highest BCUT2D eigenvalue weighted by Gasteiger charge is 2.23. The summed E-state index contributed by atoms with van der Waals surface area (Å²) >= 11 is 0. The normalized spacial score (nSPS) is 26.6. The van der Waals surface area contributed by atoms with Crippen molar-refractivity contribution >= 4 is 0 Å². The van der Waals surface area contributed by atoms with E-state index in [9.17, 15) is 0 Å². The molecular weight excluding hydrogens is 380 g/mol. The highest BCUT2D eigenvalue weighted by Crippen LogP contribution is 2.38. The molecule has 2 aromatic rings. The van der Waals surface area contributed by atoms with Crippen LogP contribution >= 0.6 is 0 Å². The molecule has 0 amide bonds. The van der Waals surface area contributed by atoms with Crippen LogP contribution in [0.1, 0.15) is 94.8 Å². The molecule has 0 N–H and O–H groups in total. The van der Waals surface area contributed by atoms with Crippen molar-refractivity contribution in [3.8, 4) is 11.1 Å². The maximum atomic E-state index is 6.06. The summed E-state index contributed by atoms with van der Waals surface area (Å²) in [6.45, 7) is 5.88. The van der Waals surface area contributed by atoms with Gasteiger partial charge < -0.3 is 9.47 Å². The summed E-state index contributed by atoms with van der Waals surface area (Å²) in [5.74, 6) is 1.74. The molecule has 4 rings (SSSR count). The molecular formula is C29H40O2. The van der Waals surface area contributed by atoms with Gasteiger partial charge in [0.15, 0.2) is 0 Å². The third-order valence-corrected chi connectivity index (χ3v) is 7.39. The molecule has 0 aromatic heterocycles. The van der Waals surface area contributed by atoms with E-state index in [0.29, 0.717) is 13.2 Å². The van der Waals surface area contributed by atoms with Gasteiger partial charge in [0.25, 0.3) is 0 Å². The Morgan fingerprint density at radius 2 is 1.32 bits per heavy atom. The lowest BCUT2D eigenvalue weighted by Crippen LogP contribution is -2.30. The van der Waals surface area contributed by atoms with Gasteiger partial charge in [-0.2, -0.15) is 0 Å². The molecule has 31 heavy (non-hydrogen) atoms. The summed E-state index contributed by atoms with van der Waals surface area (Å²) in [5, 5.41) is 0. The summed E-state index contributed by atoms with van der Waals surface area (Å²) in [6, 6.07) is 18.2. The predicted molar refractivity (Wildman–Crippen MR) is 129 cm³/mol. The van der Waals surface area contributed by atoms with Crippen molar-refractivity contribution in [3.05, 3.63) is 59.7 Å². The zero-order chi connectivity index (χ0) is 21.5. The van der Waals surface area contributed by atoms with Crippen molar-refractivity contribution in [2.75, 3.05) is 13.2 Å². The molecule has 1 saturated carbocycles. The van der Waals surface area contributed by atoms with Crippen molar-refractivity contribution in [2.45, 2.75) is 89.8 Å². The third kappa shape index (κ3) is 5.99. The molecule has 1 heterocycles. The Labute approximate surface area is 189 Å². The minimum atomic E-state index is 0.0667. The van der Waals surface area contributed by atoms with Crippen molar-refractivity contribution in [1.29, 1.82) is 0 Å². The molecule has 2 atom stereocenters. The standard InChI is InChI=1S/C29H40O2/c1-3-5-7-22-8-10-23(11-9-22)24-12-14-25(15-13-24)26-16-18-27(19-17-26)29-21-30-28(6-4-2)20-31-29/h12-19,22-23,28-29H,3-11,20-21H2,1-2H3. The highest BCUT2D eigenvalue weighted by molar-refractivity contribution is 5.64. The van der Waals surface area contributed by atoms with Gasteiger partial charge in [0, 0.05) is 0 Å².